The third-order valence-corrected chi connectivity index (χ3v) is 5.81. The number of hydrogen-bond donors (Lipinski definition) is 1. The molecule has 1 N–H and O–H groups in total. The van der Waals surface area contributed by atoms with Crippen molar-refractivity contribution in [2.45, 2.75) is 39.3 Å². The minimum absolute atomic E-state index is 0.237. The molecule has 30 heavy (non-hydrogen) atoms. The molecule has 0 radical (unpaired) electrons. The highest BCUT2D eigenvalue weighted by molar-refractivity contribution is 6.11. The van der Waals surface area contributed by atoms with Crippen LogP contribution in [0.3, 0.4) is 0 Å². The standard InChI is InChI=1S/C26H25NO3/c1-17-9-12-20(13-10-17)16-27-23-7-5-4-6-22(23)26(30,25(27)29)15-24(28)21-14-18(2)8-11-19(21)3/h4-14,30H,15-16H2,1-3H3/t26-/m0/s1. The highest BCUT2D eigenvalue weighted by Crippen LogP contribution is 2.43. The van der Waals surface area contributed by atoms with Gasteiger partial charge in [-0.1, -0.05) is 65.7 Å². The number of carbonyl (C=O) groups is 2. The van der Waals surface area contributed by atoms with Gasteiger partial charge in [-0.15, -0.1) is 0 Å². The number of fused-ring (bicyclic) bond motifs is 1. The smallest absolute Gasteiger partial charge is 0.264 e. The van der Waals surface area contributed by atoms with Crippen molar-refractivity contribution < 1.29 is 14.7 Å². The normalized spacial score (nSPS) is 17.9. The lowest BCUT2D eigenvalue weighted by Crippen LogP contribution is -2.41. The average Bonchev–Trinajstić information content (AvgIpc) is 2.93. The summed E-state index contributed by atoms with van der Waals surface area (Å²) in [6.45, 7) is 6.14. The first-order chi connectivity index (χ1) is 14.3. The predicted molar refractivity (Wildman–Crippen MR) is 118 cm³/mol. The van der Waals surface area contributed by atoms with Gasteiger partial charge >= 0.3 is 0 Å². The summed E-state index contributed by atoms with van der Waals surface area (Å²) >= 11 is 0. The molecule has 0 spiro atoms. The van der Waals surface area contributed by atoms with Crippen LogP contribution in [-0.2, 0) is 16.9 Å². The lowest BCUT2D eigenvalue weighted by molar-refractivity contribution is -0.136. The van der Waals surface area contributed by atoms with E-state index in [0.29, 0.717) is 23.4 Å². The van der Waals surface area contributed by atoms with E-state index in [1.54, 1.807) is 17.0 Å². The van der Waals surface area contributed by atoms with Crippen molar-refractivity contribution in [2.75, 3.05) is 4.90 Å². The first-order valence-corrected chi connectivity index (χ1v) is 10.1. The SMILES string of the molecule is Cc1ccc(CN2C(=O)[C@](O)(CC(=O)c3cc(C)ccc3C)c3ccccc32)cc1. The number of benzene rings is 3. The number of para-hydroxylation sites is 1. The highest BCUT2D eigenvalue weighted by Gasteiger charge is 2.50. The molecular weight excluding hydrogens is 374 g/mol. The number of aryl methyl sites for hydroxylation is 3. The number of Topliss-reactive ketones (excluding diaryl/α,β-unsaturated/α-hetero) is 1. The van der Waals surface area contributed by atoms with Gasteiger partial charge in [0, 0.05) is 11.1 Å². The summed E-state index contributed by atoms with van der Waals surface area (Å²) in [6.07, 6.45) is -0.280. The molecule has 1 atom stereocenters. The molecule has 1 aliphatic rings. The zero-order valence-electron chi connectivity index (χ0n) is 17.5. The lowest BCUT2D eigenvalue weighted by Gasteiger charge is -2.23. The highest BCUT2D eigenvalue weighted by atomic mass is 16.3. The molecule has 4 heteroatoms. The van der Waals surface area contributed by atoms with Gasteiger partial charge in [-0.3, -0.25) is 9.59 Å². The Balaban J connectivity index is 1.69. The van der Waals surface area contributed by atoms with E-state index in [-0.39, 0.29) is 12.2 Å². The molecule has 4 rings (SSSR count). The third kappa shape index (κ3) is 3.44. The van der Waals surface area contributed by atoms with E-state index in [9.17, 15) is 14.7 Å². The maximum absolute atomic E-state index is 13.4. The Labute approximate surface area is 176 Å². The van der Waals surface area contributed by atoms with Crippen molar-refractivity contribution in [3.63, 3.8) is 0 Å². The van der Waals surface area contributed by atoms with E-state index in [4.69, 9.17) is 0 Å². The molecule has 4 nitrogen and oxygen atoms in total. The first-order valence-electron chi connectivity index (χ1n) is 10.1. The van der Waals surface area contributed by atoms with Crippen LogP contribution in [0.15, 0.2) is 66.7 Å². The topological polar surface area (TPSA) is 57.6 Å². The van der Waals surface area contributed by atoms with E-state index in [1.807, 2.05) is 75.4 Å². The molecule has 1 amide bonds. The maximum atomic E-state index is 13.4. The monoisotopic (exact) mass is 399 g/mol. The Morgan fingerprint density at radius 2 is 1.60 bits per heavy atom. The number of aliphatic hydroxyl groups is 1. The molecule has 0 saturated heterocycles. The van der Waals surface area contributed by atoms with E-state index in [0.717, 1.165) is 22.3 Å². The van der Waals surface area contributed by atoms with Crippen LogP contribution in [-0.4, -0.2) is 16.8 Å². The number of ketones is 1. The molecule has 0 fully saturated rings. The van der Waals surface area contributed by atoms with Crippen molar-refractivity contribution in [2.24, 2.45) is 0 Å². The number of carbonyl (C=O) groups excluding carboxylic acids is 2. The van der Waals surface area contributed by atoms with E-state index in [2.05, 4.69) is 0 Å². The van der Waals surface area contributed by atoms with Crippen LogP contribution in [0, 0.1) is 20.8 Å². The molecule has 3 aromatic rings. The van der Waals surface area contributed by atoms with Crippen molar-refractivity contribution in [3.8, 4) is 0 Å². The van der Waals surface area contributed by atoms with Gasteiger partial charge in [0.1, 0.15) is 0 Å². The van der Waals surface area contributed by atoms with Crippen LogP contribution < -0.4 is 4.90 Å². The van der Waals surface area contributed by atoms with Crippen LogP contribution >= 0.6 is 0 Å². The predicted octanol–water partition coefficient (Wildman–Crippen LogP) is 4.62. The fraction of sp³-hybridized carbons (Fsp3) is 0.231. The van der Waals surface area contributed by atoms with Gasteiger partial charge in [-0.25, -0.2) is 0 Å². The number of amides is 1. The van der Waals surface area contributed by atoms with Gasteiger partial charge in [0.25, 0.3) is 5.91 Å². The second kappa shape index (κ2) is 7.54. The van der Waals surface area contributed by atoms with Gasteiger partial charge in [-0.05, 0) is 44.0 Å². The summed E-state index contributed by atoms with van der Waals surface area (Å²) in [5.74, 6) is -0.693. The number of hydrogen-bond acceptors (Lipinski definition) is 3. The van der Waals surface area contributed by atoms with E-state index < -0.39 is 11.5 Å². The number of rotatable bonds is 5. The van der Waals surface area contributed by atoms with Crippen LogP contribution in [0.2, 0.25) is 0 Å². The van der Waals surface area contributed by atoms with E-state index in [1.165, 1.54) is 0 Å². The minimum Gasteiger partial charge on any atom is -0.375 e. The second-order valence-corrected chi connectivity index (χ2v) is 8.17. The summed E-state index contributed by atoms with van der Waals surface area (Å²) in [6, 6.07) is 20.8. The van der Waals surface area contributed by atoms with Gasteiger partial charge < -0.3 is 10.0 Å². The summed E-state index contributed by atoms with van der Waals surface area (Å²) in [5, 5.41) is 11.5. The minimum atomic E-state index is -1.87. The zero-order chi connectivity index (χ0) is 21.5. The number of anilines is 1. The van der Waals surface area contributed by atoms with Crippen molar-refractivity contribution >= 4 is 17.4 Å². The Morgan fingerprint density at radius 1 is 0.933 bits per heavy atom. The van der Waals surface area contributed by atoms with E-state index >= 15 is 0 Å². The lowest BCUT2D eigenvalue weighted by atomic mass is 9.87. The molecule has 1 aliphatic heterocycles. The van der Waals surface area contributed by atoms with Crippen molar-refractivity contribution in [3.05, 3.63) is 100 Å². The maximum Gasteiger partial charge on any atom is 0.264 e. The fourth-order valence-corrected chi connectivity index (χ4v) is 4.07. The van der Waals surface area contributed by atoms with Gasteiger partial charge in [0.15, 0.2) is 11.4 Å². The average molecular weight is 399 g/mol. The third-order valence-electron chi connectivity index (χ3n) is 5.81. The van der Waals surface area contributed by atoms with Gasteiger partial charge in [0.2, 0.25) is 0 Å². The molecule has 152 valence electrons. The molecule has 3 aromatic carbocycles. The fourth-order valence-electron chi connectivity index (χ4n) is 4.07. The quantitative estimate of drug-likeness (QED) is 0.637. The Hall–Kier alpha value is -3.24. The summed E-state index contributed by atoms with van der Waals surface area (Å²) in [7, 11) is 0. The first kappa shape index (κ1) is 20.0. The molecular formula is C26H25NO3. The summed E-state index contributed by atoms with van der Waals surface area (Å²) in [5.41, 5.74) is 3.73. The Morgan fingerprint density at radius 3 is 2.33 bits per heavy atom. The zero-order valence-corrected chi connectivity index (χ0v) is 17.5. The summed E-state index contributed by atoms with van der Waals surface area (Å²) in [4.78, 5) is 28.1. The Kier molecular flexibility index (Phi) is 5.04. The van der Waals surface area contributed by atoms with Crippen LogP contribution in [0.25, 0.3) is 0 Å². The Bertz CT molecular complexity index is 1130. The van der Waals surface area contributed by atoms with Crippen LogP contribution in [0.4, 0.5) is 5.69 Å². The molecule has 0 aliphatic carbocycles. The van der Waals surface area contributed by atoms with Gasteiger partial charge in [0.05, 0.1) is 18.7 Å². The summed E-state index contributed by atoms with van der Waals surface area (Å²) < 4.78 is 0. The van der Waals surface area contributed by atoms with Crippen molar-refractivity contribution in [1.82, 2.24) is 0 Å². The van der Waals surface area contributed by atoms with Crippen molar-refractivity contribution in [1.29, 1.82) is 0 Å². The van der Waals surface area contributed by atoms with Gasteiger partial charge in [-0.2, -0.15) is 0 Å². The second-order valence-electron chi connectivity index (χ2n) is 8.17. The molecule has 1 heterocycles. The molecule has 0 saturated carbocycles. The van der Waals surface area contributed by atoms with Crippen LogP contribution in [0.5, 0.6) is 0 Å². The largest absolute Gasteiger partial charge is 0.375 e. The molecule has 0 bridgehead atoms. The van der Waals surface area contributed by atoms with Crippen LogP contribution in [0.1, 0.15) is 44.6 Å². The molecule has 0 unspecified atom stereocenters. The number of nitrogens with zero attached hydrogens (tertiary/aromatic N) is 1. The molecule has 0 aromatic heterocycles.